The first-order valence-corrected chi connectivity index (χ1v) is 12.9. The lowest BCUT2D eigenvalue weighted by atomic mass is 9.78. The van der Waals surface area contributed by atoms with Gasteiger partial charge in [-0.05, 0) is 96.6 Å². The molecule has 2 heterocycles. The molecule has 0 saturated heterocycles. The zero-order chi connectivity index (χ0) is 25.7. The standard InChI is InChI=1S/C29H24F3N3OS/c1-16-5-3-6-17(2)27(16)24-15-26-34-28(33-24)35-37-22-8-4-7-18(13-22)19-11-20-12-21(29(30,31)32)9-10-23(20)25(14-19)36-26/h3-10,12-13,15,19,25H,11,14H2,1-2H3,(H,33,34,35)/t19?,25-/m1/s1. The van der Waals surface area contributed by atoms with Gasteiger partial charge in [-0.1, -0.05) is 36.4 Å². The van der Waals surface area contributed by atoms with Crippen LogP contribution in [0.2, 0.25) is 0 Å². The molecule has 1 aliphatic heterocycles. The highest BCUT2D eigenvalue weighted by Crippen LogP contribution is 2.44. The van der Waals surface area contributed by atoms with E-state index in [-0.39, 0.29) is 5.92 Å². The summed E-state index contributed by atoms with van der Waals surface area (Å²) in [6.45, 7) is 4.08. The summed E-state index contributed by atoms with van der Waals surface area (Å²) in [5.41, 5.74) is 5.77. The number of hydrogen-bond acceptors (Lipinski definition) is 5. The van der Waals surface area contributed by atoms with E-state index in [1.165, 1.54) is 18.0 Å². The lowest BCUT2D eigenvalue weighted by Crippen LogP contribution is -2.23. The van der Waals surface area contributed by atoms with Crippen molar-refractivity contribution in [2.24, 2.45) is 0 Å². The van der Waals surface area contributed by atoms with Crippen molar-refractivity contribution in [2.45, 2.75) is 49.8 Å². The van der Waals surface area contributed by atoms with Crippen LogP contribution in [0.25, 0.3) is 11.3 Å². The second-order valence-corrected chi connectivity index (χ2v) is 10.5. The number of fused-ring (bicyclic) bond motifs is 9. The van der Waals surface area contributed by atoms with Gasteiger partial charge in [0.25, 0.3) is 0 Å². The molecule has 1 unspecified atom stereocenters. The van der Waals surface area contributed by atoms with Gasteiger partial charge in [0.05, 0.1) is 11.3 Å². The summed E-state index contributed by atoms with van der Waals surface area (Å²) in [6, 6.07) is 20.0. The molecule has 0 spiro atoms. The van der Waals surface area contributed by atoms with Gasteiger partial charge in [0.1, 0.15) is 6.10 Å². The molecule has 4 nitrogen and oxygen atoms in total. The fraction of sp³-hybridized carbons (Fsp3) is 0.241. The van der Waals surface area contributed by atoms with E-state index < -0.39 is 17.8 Å². The molecule has 4 aromatic rings. The molecule has 6 bridgehead atoms. The maximum absolute atomic E-state index is 13.5. The van der Waals surface area contributed by atoms with E-state index >= 15 is 0 Å². The number of rotatable bonds is 1. The number of hydrogen-bond donors (Lipinski definition) is 1. The van der Waals surface area contributed by atoms with Crippen LogP contribution in [-0.2, 0) is 12.6 Å². The zero-order valence-corrected chi connectivity index (χ0v) is 21.1. The lowest BCUT2D eigenvalue weighted by Gasteiger charge is -2.33. The second-order valence-electron chi connectivity index (χ2n) is 9.61. The van der Waals surface area contributed by atoms with Gasteiger partial charge < -0.3 is 4.74 Å². The molecule has 2 atom stereocenters. The molecule has 1 aliphatic carbocycles. The first kappa shape index (κ1) is 23.9. The smallest absolute Gasteiger partial charge is 0.416 e. The van der Waals surface area contributed by atoms with Crippen LogP contribution in [0.3, 0.4) is 0 Å². The number of nitrogens with zero attached hydrogens (tertiary/aromatic N) is 2. The third kappa shape index (κ3) is 4.66. The Labute approximate surface area is 217 Å². The Morgan fingerprint density at radius 2 is 1.73 bits per heavy atom. The Balaban J connectivity index is 1.50. The Morgan fingerprint density at radius 1 is 0.946 bits per heavy atom. The number of alkyl halides is 3. The molecule has 37 heavy (non-hydrogen) atoms. The Kier molecular flexibility index (Phi) is 5.87. The fourth-order valence-electron chi connectivity index (χ4n) is 5.33. The largest absolute Gasteiger partial charge is 0.469 e. The summed E-state index contributed by atoms with van der Waals surface area (Å²) >= 11 is 1.40. The van der Waals surface area contributed by atoms with Gasteiger partial charge in [-0.3, -0.25) is 4.72 Å². The molecular weight excluding hydrogens is 495 g/mol. The number of nitrogens with one attached hydrogen (secondary N) is 1. The maximum atomic E-state index is 13.5. The van der Waals surface area contributed by atoms with E-state index in [1.807, 2.05) is 56.3 Å². The van der Waals surface area contributed by atoms with Crippen LogP contribution in [0.15, 0.2) is 71.6 Å². The predicted octanol–water partition coefficient (Wildman–Crippen LogP) is 8.06. The second kappa shape index (κ2) is 9.10. The van der Waals surface area contributed by atoms with Gasteiger partial charge in [-0.2, -0.15) is 18.2 Å². The number of halogens is 3. The molecule has 3 aromatic carbocycles. The van der Waals surface area contributed by atoms with Gasteiger partial charge in [0, 0.05) is 16.5 Å². The average Bonchev–Trinajstić information content (AvgIpc) is 2.86. The van der Waals surface area contributed by atoms with E-state index in [0.29, 0.717) is 30.2 Å². The molecule has 8 heteroatoms. The minimum Gasteiger partial charge on any atom is -0.469 e. The zero-order valence-electron chi connectivity index (χ0n) is 20.3. The van der Waals surface area contributed by atoms with E-state index in [0.717, 1.165) is 44.5 Å². The van der Waals surface area contributed by atoms with E-state index in [4.69, 9.17) is 9.72 Å². The van der Waals surface area contributed by atoms with Crippen molar-refractivity contribution < 1.29 is 17.9 Å². The van der Waals surface area contributed by atoms with Gasteiger partial charge in [-0.15, -0.1) is 0 Å². The molecule has 1 aromatic heterocycles. The Bertz CT molecular complexity index is 1480. The van der Waals surface area contributed by atoms with E-state index in [2.05, 4.69) is 15.8 Å². The summed E-state index contributed by atoms with van der Waals surface area (Å²) in [4.78, 5) is 10.4. The highest BCUT2D eigenvalue weighted by atomic mass is 32.2. The quantitative estimate of drug-likeness (QED) is 0.258. The van der Waals surface area contributed by atoms with Gasteiger partial charge in [0.15, 0.2) is 0 Å². The Hall–Kier alpha value is -3.52. The monoisotopic (exact) mass is 519 g/mol. The number of anilines is 1. The molecule has 0 amide bonds. The van der Waals surface area contributed by atoms with Crippen molar-refractivity contribution in [3.05, 3.63) is 100 Å². The first-order chi connectivity index (χ1) is 17.7. The van der Waals surface area contributed by atoms with Crippen LogP contribution in [0.1, 0.15) is 51.8 Å². The van der Waals surface area contributed by atoms with Crippen molar-refractivity contribution in [3.63, 3.8) is 0 Å². The van der Waals surface area contributed by atoms with Crippen molar-refractivity contribution in [1.82, 2.24) is 9.97 Å². The van der Waals surface area contributed by atoms with Crippen molar-refractivity contribution >= 4 is 17.9 Å². The topological polar surface area (TPSA) is 47.0 Å². The summed E-state index contributed by atoms with van der Waals surface area (Å²) < 4.78 is 50.4. The van der Waals surface area contributed by atoms with Crippen molar-refractivity contribution in [2.75, 3.05) is 4.72 Å². The molecule has 2 aliphatic rings. The first-order valence-electron chi connectivity index (χ1n) is 12.1. The van der Waals surface area contributed by atoms with Gasteiger partial charge in [0.2, 0.25) is 11.8 Å². The molecule has 0 fully saturated rings. The molecule has 0 radical (unpaired) electrons. The number of aryl methyl sites for hydroxylation is 2. The Morgan fingerprint density at radius 3 is 2.51 bits per heavy atom. The van der Waals surface area contributed by atoms with E-state index in [9.17, 15) is 13.2 Å². The van der Waals surface area contributed by atoms with E-state index in [1.54, 1.807) is 6.07 Å². The molecule has 188 valence electrons. The number of aromatic nitrogens is 2. The average molecular weight is 520 g/mol. The van der Waals surface area contributed by atoms with Crippen LogP contribution in [0.5, 0.6) is 5.88 Å². The van der Waals surface area contributed by atoms with Crippen molar-refractivity contribution in [3.8, 4) is 17.1 Å². The van der Waals surface area contributed by atoms with Crippen LogP contribution < -0.4 is 9.46 Å². The summed E-state index contributed by atoms with van der Waals surface area (Å²) in [5, 5.41) is 0. The molecule has 1 N–H and O–H groups in total. The van der Waals surface area contributed by atoms with Gasteiger partial charge >= 0.3 is 6.18 Å². The predicted molar refractivity (Wildman–Crippen MR) is 139 cm³/mol. The minimum atomic E-state index is -4.40. The van der Waals surface area contributed by atoms with Gasteiger partial charge in [-0.25, -0.2) is 4.98 Å². The maximum Gasteiger partial charge on any atom is 0.416 e. The third-order valence-electron chi connectivity index (χ3n) is 7.07. The van der Waals surface area contributed by atoms with Crippen LogP contribution in [-0.4, -0.2) is 9.97 Å². The molecule has 6 rings (SSSR count). The normalized spacial score (nSPS) is 18.5. The minimum absolute atomic E-state index is 0.0142. The fourth-order valence-corrected chi connectivity index (χ4v) is 5.97. The number of benzene rings is 3. The highest BCUT2D eigenvalue weighted by molar-refractivity contribution is 8.00. The molecular formula is C29H24F3N3OS. The molecule has 0 saturated carbocycles. The number of ether oxygens (including phenoxy) is 1. The van der Waals surface area contributed by atoms with Crippen molar-refractivity contribution in [1.29, 1.82) is 0 Å². The van der Waals surface area contributed by atoms with Crippen LogP contribution in [0, 0.1) is 13.8 Å². The lowest BCUT2D eigenvalue weighted by molar-refractivity contribution is -0.137. The highest BCUT2D eigenvalue weighted by Gasteiger charge is 2.35. The third-order valence-corrected chi connectivity index (χ3v) is 7.85. The summed E-state index contributed by atoms with van der Waals surface area (Å²) in [6.07, 6.45) is -3.69. The van der Waals surface area contributed by atoms with Crippen LogP contribution in [0.4, 0.5) is 19.1 Å². The SMILES string of the molecule is Cc1cccc(C)c1-c1cc2nc(n1)NSc1cccc(c1)C1Cc3cc(C(F)(F)F)ccc3[C@@H](C1)O2. The van der Waals surface area contributed by atoms with Crippen LogP contribution >= 0.6 is 11.9 Å². The summed E-state index contributed by atoms with van der Waals surface area (Å²) in [5.74, 6) is 0.808. The summed E-state index contributed by atoms with van der Waals surface area (Å²) in [7, 11) is 0.